The molecule has 5 heteroatoms. The monoisotopic (exact) mass is 296 g/mol. The van der Waals surface area contributed by atoms with Crippen LogP contribution in [0.25, 0.3) is 0 Å². The highest BCUT2D eigenvalue weighted by molar-refractivity contribution is 5.75. The first kappa shape index (κ1) is 16.0. The van der Waals surface area contributed by atoms with Gasteiger partial charge in [0.1, 0.15) is 12.0 Å². The van der Waals surface area contributed by atoms with Gasteiger partial charge >= 0.3 is 11.9 Å². The summed E-state index contributed by atoms with van der Waals surface area (Å²) in [6, 6.07) is 0. The standard InChI is InChI=1S/C16H24O5/c1-3-16(4-2,9-17)8-12(18)21-14-11-6-5-10(7-11)13(14)15(19)20/h5-6,10-11,13-14,17H,3-4,7-9H2,1-2H3,(H,19,20). The first-order valence-corrected chi connectivity index (χ1v) is 7.68. The number of ether oxygens (including phenoxy) is 1. The topological polar surface area (TPSA) is 83.8 Å². The average molecular weight is 296 g/mol. The molecular weight excluding hydrogens is 272 g/mol. The zero-order valence-corrected chi connectivity index (χ0v) is 12.6. The normalized spacial score (nSPS) is 30.6. The molecule has 0 aromatic rings. The van der Waals surface area contributed by atoms with Gasteiger partial charge in [0, 0.05) is 17.9 Å². The third-order valence-electron chi connectivity index (χ3n) is 5.29. The first-order valence-electron chi connectivity index (χ1n) is 7.68. The number of carbonyl (C=O) groups is 2. The molecule has 0 aliphatic heterocycles. The van der Waals surface area contributed by atoms with E-state index < -0.39 is 29.4 Å². The molecule has 0 aromatic carbocycles. The van der Waals surface area contributed by atoms with Gasteiger partial charge in [0.25, 0.3) is 0 Å². The summed E-state index contributed by atoms with van der Waals surface area (Å²) >= 11 is 0. The second-order valence-corrected chi connectivity index (χ2v) is 6.31. The maximum absolute atomic E-state index is 12.2. The number of hydrogen-bond acceptors (Lipinski definition) is 4. The van der Waals surface area contributed by atoms with Crippen molar-refractivity contribution in [3.8, 4) is 0 Å². The smallest absolute Gasteiger partial charge is 0.310 e. The Labute approximate surface area is 125 Å². The third kappa shape index (κ3) is 2.98. The molecule has 0 aromatic heterocycles. The van der Waals surface area contributed by atoms with Crippen LogP contribution in [0.4, 0.5) is 0 Å². The van der Waals surface area contributed by atoms with Crippen LogP contribution < -0.4 is 0 Å². The van der Waals surface area contributed by atoms with E-state index in [1.54, 1.807) is 0 Å². The Balaban J connectivity index is 2.02. The number of hydrogen-bond donors (Lipinski definition) is 2. The van der Waals surface area contributed by atoms with Crippen LogP contribution in [-0.4, -0.2) is 34.9 Å². The molecule has 0 radical (unpaired) electrons. The van der Waals surface area contributed by atoms with Gasteiger partial charge in [0.05, 0.1) is 6.42 Å². The van der Waals surface area contributed by atoms with Crippen molar-refractivity contribution in [1.82, 2.24) is 0 Å². The van der Waals surface area contributed by atoms with Crippen molar-refractivity contribution in [2.75, 3.05) is 6.61 Å². The van der Waals surface area contributed by atoms with Crippen LogP contribution in [0.2, 0.25) is 0 Å². The Morgan fingerprint density at radius 2 is 1.86 bits per heavy atom. The van der Waals surface area contributed by atoms with Gasteiger partial charge in [-0.2, -0.15) is 0 Å². The van der Waals surface area contributed by atoms with Crippen LogP contribution >= 0.6 is 0 Å². The second-order valence-electron chi connectivity index (χ2n) is 6.31. The Morgan fingerprint density at radius 1 is 1.24 bits per heavy atom. The molecule has 4 atom stereocenters. The number of aliphatic hydroxyl groups excluding tert-OH is 1. The lowest BCUT2D eigenvalue weighted by molar-refractivity contribution is -0.162. The molecule has 0 amide bonds. The van der Waals surface area contributed by atoms with Crippen molar-refractivity contribution in [2.24, 2.45) is 23.2 Å². The van der Waals surface area contributed by atoms with E-state index in [9.17, 15) is 19.8 Å². The van der Waals surface area contributed by atoms with Crippen molar-refractivity contribution >= 4 is 11.9 Å². The number of carbonyl (C=O) groups excluding carboxylic acids is 1. The summed E-state index contributed by atoms with van der Waals surface area (Å²) in [5.74, 6) is -1.93. The molecule has 5 nitrogen and oxygen atoms in total. The van der Waals surface area contributed by atoms with Gasteiger partial charge in [-0.15, -0.1) is 0 Å². The lowest BCUT2D eigenvalue weighted by atomic mass is 9.80. The average Bonchev–Trinajstić information content (AvgIpc) is 3.05. The second kappa shape index (κ2) is 6.18. The van der Waals surface area contributed by atoms with E-state index in [0.717, 1.165) is 6.42 Å². The van der Waals surface area contributed by atoms with Crippen LogP contribution in [0.5, 0.6) is 0 Å². The van der Waals surface area contributed by atoms with Crippen LogP contribution in [0.15, 0.2) is 12.2 Å². The molecule has 21 heavy (non-hydrogen) atoms. The van der Waals surface area contributed by atoms with Gasteiger partial charge in [-0.3, -0.25) is 9.59 Å². The fraction of sp³-hybridized carbons (Fsp3) is 0.750. The van der Waals surface area contributed by atoms with E-state index >= 15 is 0 Å². The van der Waals surface area contributed by atoms with Crippen molar-refractivity contribution in [3.63, 3.8) is 0 Å². The number of allylic oxidation sites excluding steroid dienone is 1. The molecule has 2 aliphatic rings. The maximum atomic E-state index is 12.2. The molecule has 2 bridgehead atoms. The summed E-state index contributed by atoms with van der Waals surface area (Å²) in [5.41, 5.74) is -0.455. The van der Waals surface area contributed by atoms with Crippen molar-refractivity contribution in [2.45, 2.75) is 45.6 Å². The predicted molar refractivity (Wildman–Crippen MR) is 76.5 cm³/mol. The molecule has 2 N–H and O–H groups in total. The number of aliphatic carboxylic acids is 1. The van der Waals surface area contributed by atoms with Crippen molar-refractivity contribution in [3.05, 3.63) is 12.2 Å². The molecule has 2 rings (SSSR count). The summed E-state index contributed by atoms with van der Waals surface area (Å²) in [6.45, 7) is 3.81. The molecule has 118 valence electrons. The van der Waals surface area contributed by atoms with Gasteiger partial charge in [0.15, 0.2) is 0 Å². The Kier molecular flexibility index (Phi) is 4.71. The number of fused-ring (bicyclic) bond motifs is 2. The zero-order chi connectivity index (χ0) is 15.6. The zero-order valence-electron chi connectivity index (χ0n) is 12.6. The largest absolute Gasteiger partial charge is 0.481 e. The molecule has 4 unspecified atom stereocenters. The molecule has 2 aliphatic carbocycles. The highest BCUT2D eigenvalue weighted by Crippen LogP contribution is 2.46. The lowest BCUT2D eigenvalue weighted by Crippen LogP contribution is -2.37. The highest BCUT2D eigenvalue weighted by atomic mass is 16.5. The Bertz CT molecular complexity index is 430. The van der Waals surface area contributed by atoms with Gasteiger partial charge < -0.3 is 14.9 Å². The van der Waals surface area contributed by atoms with Gasteiger partial charge in [0.2, 0.25) is 0 Å². The quantitative estimate of drug-likeness (QED) is 0.554. The Morgan fingerprint density at radius 3 is 2.38 bits per heavy atom. The fourth-order valence-corrected chi connectivity index (χ4v) is 3.54. The van der Waals surface area contributed by atoms with Crippen molar-refractivity contribution < 1.29 is 24.5 Å². The summed E-state index contributed by atoms with van der Waals surface area (Å²) in [5, 5.41) is 18.8. The predicted octanol–water partition coefficient (Wildman–Crippen LogP) is 1.99. The summed E-state index contributed by atoms with van der Waals surface area (Å²) < 4.78 is 5.50. The summed E-state index contributed by atoms with van der Waals surface area (Å²) in [4.78, 5) is 23.6. The van der Waals surface area contributed by atoms with Crippen LogP contribution in [0.1, 0.15) is 39.5 Å². The molecule has 0 spiro atoms. The van der Waals surface area contributed by atoms with E-state index in [2.05, 4.69) is 0 Å². The van der Waals surface area contributed by atoms with E-state index in [1.165, 1.54) is 0 Å². The number of esters is 1. The van der Waals surface area contributed by atoms with E-state index in [4.69, 9.17) is 4.74 Å². The third-order valence-corrected chi connectivity index (χ3v) is 5.29. The molecule has 0 heterocycles. The molecule has 1 fully saturated rings. The van der Waals surface area contributed by atoms with Gasteiger partial charge in [-0.25, -0.2) is 0 Å². The molecule has 0 saturated heterocycles. The first-order chi connectivity index (χ1) is 9.96. The van der Waals surface area contributed by atoms with E-state index in [1.807, 2.05) is 26.0 Å². The maximum Gasteiger partial charge on any atom is 0.310 e. The minimum Gasteiger partial charge on any atom is -0.481 e. The van der Waals surface area contributed by atoms with Crippen molar-refractivity contribution in [1.29, 1.82) is 0 Å². The van der Waals surface area contributed by atoms with Gasteiger partial charge in [-0.1, -0.05) is 26.0 Å². The number of aliphatic hydroxyl groups is 1. The number of carboxylic acids is 1. The number of rotatable bonds is 7. The molecular formula is C16H24O5. The Hall–Kier alpha value is -1.36. The summed E-state index contributed by atoms with van der Waals surface area (Å²) in [6.07, 6.45) is 5.59. The van der Waals surface area contributed by atoms with E-state index in [0.29, 0.717) is 12.8 Å². The van der Waals surface area contributed by atoms with Crippen LogP contribution in [0, 0.1) is 23.2 Å². The molecule has 1 saturated carbocycles. The highest BCUT2D eigenvalue weighted by Gasteiger charge is 2.50. The summed E-state index contributed by atoms with van der Waals surface area (Å²) in [7, 11) is 0. The fourth-order valence-electron chi connectivity index (χ4n) is 3.54. The van der Waals surface area contributed by atoms with Crippen LogP contribution in [0.3, 0.4) is 0 Å². The van der Waals surface area contributed by atoms with Gasteiger partial charge in [-0.05, 0) is 25.2 Å². The minimum atomic E-state index is -0.899. The van der Waals surface area contributed by atoms with E-state index in [-0.39, 0.29) is 24.9 Å². The lowest BCUT2D eigenvalue weighted by Gasteiger charge is -2.30. The van der Waals surface area contributed by atoms with Crippen LogP contribution in [-0.2, 0) is 14.3 Å². The SMILES string of the molecule is CCC(CC)(CO)CC(=O)OC1C2C=CC(C2)C1C(=O)O. The minimum absolute atomic E-state index is 0.0202. The number of carboxylic acid groups (broad SMARTS) is 1.